The molecule has 1 aromatic rings. The molecule has 0 fully saturated rings. The van der Waals surface area contributed by atoms with Gasteiger partial charge >= 0.3 is 0 Å². The van der Waals surface area contributed by atoms with E-state index in [9.17, 15) is 0 Å². The van der Waals surface area contributed by atoms with Gasteiger partial charge in [-0.2, -0.15) is 0 Å². The lowest BCUT2D eigenvalue weighted by Crippen LogP contribution is -2.40. The summed E-state index contributed by atoms with van der Waals surface area (Å²) in [6.45, 7) is 8.58. The van der Waals surface area contributed by atoms with Crippen LogP contribution in [0, 0.1) is 0 Å². The number of guanidine groups is 1. The summed E-state index contributed by atoms with van der Waals surface area (Å²) in [6.07, 6.45) is 7.75. The summed E-state index contributed by atoms with van der Waals surface area (Å²) in [4.78, 5) is 6.80. The summed E-state index contributed by atoms with van der Waals surface area (Å²) in [7, 11) is 2.08. The molecule has 0 spiro atoms. The fourth-order valence-corrected chi connectivity index (χ4v) is 1.86. The predicted molar refractivity (Wildman–Crippen MR) is 100 cm³/mol. The molecule has 4 nitrogen and oxygen atoms in total. The molecule has 1 N–H and O–H groups in total. The zero-order chi connectivity index (χ0) is 14.6. The van der Waals surface area contributed by atoms with Crippen LogP contribution in [0.15, 0.2) is 40.5 Å². The van der Waals surface area contributed by atoms with Crippen molar-refractivity contribution < 1.29 is 4.42 Å². The van der Waals surface area contributed by atoms with Crippen molar-refractivity contribution in [3.8, 4) is 0 Å². The second kappa shape index (κ2) is 12.7. The van der Waals surface area contributed by atoms with Crippen LogP contribution in [0.4, 0.5) is 0 Å². The zero-order valence-corrected chi connectivity index (χ0v) is 15.5. The molecule has 1 rings (SSSR count). The molecule has 21 heavy (non-hydrogen) atoms. The SMILES string of the molecule is C=CCCCN(C)C(=NCCC)NCCc1ccco1.I. The van der Waals surface area contributed by atoms with E-state index in [0.717, 1.165) is 57.0 Å². The number of furan rings is 1. The average molecular weight is 405 g/mol. The molecular weight excluding hydrogens is 377 g/mol. The summed E-state index contributed by atoms with van der Waals surface area (Å²) in [5.74, 6) is 1.98. The number of halogens is 1. The molecule has 0 radical (unpaired) electrons. The molecule has 0 atom stereocenters. The number of unbranched alkanes of at least 4 members (excludes halogenated alkanes) is 1. The van der Waals surface area contributed by atoms with Crippen molar-refractivity contribution in [2.45, 2.75) is 32.6 Å². The molecule has 1 heterocycles. The maximum Gasteiger partial charge on any atom is 0.193 e. The second-order valence-electron chi connectivity index (χ2n) is 4.81. The third kappa shape index (κ3) is 8.80. The normalized spacial score (nSPS) is 10.9. The highest BCUT2D eigenvalue weighted by molar-refractivity contribution is 14.0. The second-order valence-corrected chi connectivity index (χ2v) is 4.81. The van der Waals surface area contributed by atoms with E-state index in [1.165, 1.54) is 0 Å². The molecule has 0 aliphatic heterocycles. The standard InChI is InChI=1S/C16H27N3O.HI/c1-4-6-7-13-19(3)16(17-11-5-2)18-12-10-15-9-8-14-20-15;/h4,8-9,14H,1,5-7,10-13H2,2-3H3,(H,17,18);1H. The van der Waals surface area contributed by atoms with Gasteiger partial charge in [-0.1, -0.05) is 13.0 Å². The maximum absolute atomic E-state index is 5.33. The van der Waals surface area contributed by atoms with E-state index in [2.05, 4.69) is 35.8 Å². The number of hydrogen-bond donors (Lipinski definition) is 1. The van der Waals surface area contributed by atoms with Crippen LogP contribution in [0.1, 0.15) is 31.9 Å². The minimum absolute atomic E-state index is 0. The van der Waals surface area contributed by atoms with Crippen molar-refractivity contribution in [2.24, 2.45) is 4.99 Å². The van der Waals surface area contributed by atoms with Crippen molar-refractivity contribution in [3.05, 3.63) is 36.8 Å². The highest BCUT2D eigenvalue weighted by Gasteiger charge is 2.05. The van der Waals surface area contributed by atoms with Crippen LogP contribution in [0.25, 0.3) is 0 Å². The Bertz CT molecular complexity index is 390. The number of rotatable bonds is 9. The Balaban J connectivity index is 0.00000400. The minimum atomic E-state index is 0. The highest BCUT2D eigenvalue weighted by Crippen LogP contribution is 2.00. The monoisotopic (exact) mass is 405 g/mol. The molecule has 0 aromatic carbocycles. The van der Waals surface area contributed by atoms with Gasteiger partial charge in [0.2, 0.25) is 0 Å². The average Bonchev–Trinajstić information content (AvgIpc) is 2.96. The Kier molecular flexibility index (Phi) is 12.1. The molecule has 0 unspecified atom stereocenters. The highest BCUT2D eigenvalue weighted by atomic mass is 127. The third-order valence-electron chi connectivity index (χ3n) is 2.98. The summed E-state index contributed by atoms with van der Waals surface area (Å²) in [6, 6.07) is 3.92. The van der Waals surface area contributed by atoms with E-state index in [1.807, 2.05) is 18.2 Å². The van der Waals surface area contributed by atoms with Gasteiger partial charge in [-0.05, 0) is 31.4 Å². The summed E-state index contributed by atoms with van der Waals surface area (Å²) < 4.78 is 5.33. The first kappa shape index (κ1) is 20.0. The van der Waals surface area contributed by atoms with E-state index in [1.54, 1.807) is 6.26 Å². The largest absolute Gasteiger partial charge is 0.469 e. The fourth-order valence-electron chi connectivity index (χ4n) is 1.86. The number of nitrogens with zero attached hydrogens (tertiary/aromatic N) is 2. The molecule has 5 heteroatoms. The van der Waals surface area contributed by atoms with Crippen molar-refractivity contribution in [1.82, 2.24) is 10.2 Å². The van der Waals surface area contributed by atoms with Crippen LogP contribution in [0.3, 0.4) is 0 Å². The van der Waals surface area contributed by atoms with Crippen molar-refractivity contribution in [2.75, 3.05) is 26.7 Å². The van der Waals surface area contributed by atoms with Gasteiger partial charge in [0.25, 0.3) is 0 Å². The summed E-state index contributed by atoms with van der Waals surface area (Å²) >= 11 is 0. The lowest BCUT2D eigenvalue weighted by atomic mass is 10.3. The van der Waals surface area contributed by atoms with Crippen LogP contribution in [0.2, 0.25) is 0 Å². The van der Waals surface area contributed by atoms with Crippen LogP contribution in [-0.2, 0) is 6.42 Å². The molecule has 0 aliphatic carbocycles. The molecule has 0 bridgehead atoms. The first-order valence-corrected chi connectivity index (χ1v) is 7.40. The van der Waals surface area contributed by atoms with E-state index in [-0.39, 0.29) is 24.0 Å². The smallest absolute Gasteiger partial charge is 0.193 e. The van der Waals surface area contributed by atoms with E-state index in [4.69, 9.17) is 4.42 Å². The Hall–Kier alpha value is -0.980. The van der Waals surface area contributed by atoms with Gasteiger partial charge in [0.15, 0.2) is 5.96 Å². The Morgan fingerprint density at radius 2 is 2.33 bits per heavy atom. The molecule has 0 saturated heterocycles. The fraction of sp³-hybridized carbons (Fsp3) is 0.562. The van der Waals surface area contributed by atoms with E-state index < -0.39 is 0 Å². The van der Waals surface area contributed by atoms with Crippen molar-refractivity contribution >= 4 is 29.9 Å². The zero-order valence-electron chi connectivity index (χ0n) is 13.2. The number of nitrogens with one attached hydrogen (secondary N) is 1. The van der Waals surface area contributed by atoms with Gasteiger partial charge in [0.05, 0.1) is 6.26 Å². The van der Waals surface area contributed by atoms with Crippen LogP contribution in [0.5, 0.6) is 0 Å². The molecular formula is C16H28IN3O. The van der Waals surface area contributed by atoms with Crippen LogP contribution >= 0.6 is 24.0 Å². The first-order valence-electron chi connectivity index (χ1n) is 7.40. The molecule has 0 amide bonds. The number of allylic oxidation sites excluding steroid dienone is 1. The lowest BCUT2D eigenvalue weighted by molar-refractivity contribution is 0.463. The van der Waals surface area contributed by atoms with Gasteiger partial charge in [-0.25, -0.2) is 0 Å². The van der Waals surface area contributed by atoms with E-state index in [0.29, 0.717) is 0 Å². The predicted octanol–water partition coefficient (Wildman–Crippen LogP) is 3.69. The van der Waals surface area contributed by atoms with Gasteiger partial charge < -0.3 is 14.6 Å². The topological polar surface area (TPSA) is 40.8 Å². The first-order chi connectivity index (χ1) is 9.77. The van der Waals surface area contributed by atoms with Crippen LogP contribution < -0.4 is 5.32 Å². The van der Waals surface area contributed by atoms with Crippen molar-refractivity contribution in [1.29, 1.82) is 0 Å². The Morgan fingerprint density at radius 3 is 2.95 bits per heavy atom. The minimum Gasteiger partial charge on any atom is -0.469 e. The number of aliphatic imine (C=N–C) groups is 1. The van der Waals surface area contributed by atoms with Gasteiger partial charge in [0.1, 0.15) is 5.76 Å². The quantitative estimate of drug-likeness (QED) is 0.224. The number of hydrogen-bond acceptors (Lipinski definition) is 2. The Morgan fingerprint density at radius 1 is 1.52 bits per heavy atom. The maximum atomic E-state index is 5.33. The molecule has 1 aromatic heterocycles. The van der Waals surface area contributed by atoms with Crippen molar-refractivity contribution in [3.63, 3.8) is 0 Å². The van der Waals surface area contributed by atoms with Crippen LogP contribution in [-0.4, -0.2) is 37.5 Å². The van der Waals surface area contributed by atoms with Gasteiger partial charge in [-0.15, -0.1) is 30.6 Å². The third-order valence-corrected chi connectivity index (χ3v) is 2.98. The Labute approximate surface area is 145 Å². The summed E-state index contributed by atoms with van der Waals surface area (Å²) in [5.41, 5.74) is 0. The van der Waals surface area contributed by atoms with E-state index >= 15 is 0 Å². The van der Waals surface area contributed by atoms with Gasteiger partial charge in [-0.3, -0.25) is 4.99 Å². The molecule has 0 saturated carbocycles. The lowest BCUT2D eigenvalue weighted by Gasteiger charge is -2.22. The molecule has 120 valence electrons. The van der Waals surface area contributed by atoms with Gasteiger partial charge in [0, 0.05) is 33.1 Å². The summed E-state index contributed by atoms with van der Waals surface area (Å²) in [5, 5.41) is 3.41. The molecule has 0 aliphatic rings.